The lowest BCUT2D eigenvalue weighted by Gasteiger charge is -2.09. The number of anilines is 3. The van der Waals surface area contributed by atoms with E-state index >= 15 is 0 Å². The zero-order valence-corrected chi connectivity index (χ0v) is 14.5. The molecule has 0 radical (unpaired) electrons. The lowest BCUT2D eigenvalue weighted by atomic mass is 10.1. The van der Waals surface area contributed by atoms with Gasteiger partial charge in [-0.2, -0.15) is 0 Å². The Bertz CT molecular complexity index is 952. The number of hydrogen-bond donors (Lipinski definition) is 2. The van der Waals surface area contributed by atoms with Crippen LogP contribution in [0.4, 0.5) is 17.2 Å². The number of carbonyl (C=O) groups excluding carboxylic acids is 2. The number of para-hydroxylation sites is 1. The van der Waals surface area contributed by atoms with Crippen LogP contribution in [0.2, 0.25) is 0 Å². The van der Waals surface area contributed by atoms with Crippen LogP contribution < -0.4 is 10.6 Å². The standard InChI is InChI=1S/C20H18N4O2/c1-13-6-3-4-9-17(13)24-20(26)18-11-22-19(12-21-18)23-16-8-5-7-15(10-16)14(2)25/h3-12H,1-2H3,(H,22,23)(H,24,26). The van der Waals surface area contributed by atoms with Crippen LogP contribution in [0.3, 0.4) is 0 Å². The Kier molecular flexibility index (Phi) is 5.03. The molecule has 0 unspecified atom stereocenters. The minimum Gasteiger partial charge on any atom is -0.339 e. The fourth-order valence-electron chi connectivity index (χ4n) is 2.37. The van der Waals surface area contributed by atoms with E-state index in [1.54, 1.807) is 18.2 Å². The number of aromatic nitrogens is 2. The van der Waals surface area contributed by atoms with Gasteiger partial charge in [-0.1, -0.05) is 30.3 Å². The third-order valence-corrected chi connectivity index (χ3v) is 3.82. The molecule has 0 aliphatic heterocycles. The van der Waals surface area contributed by atoms with Crippen molar-refractivity contribution in [3.63, 3.8) is 0 Å². The summed E-state index contributed by atoms with van der Waals surface area (Å²) in [5.41, 5.74) is 3.26. The van der Waals surface area contributed by atoms with E-state index in [2.05, 4.69) is 20.6 Å². The van der Waals surface area contributed by atoms with Gasteiger partial charge in [-0.3, -0.25) is 9.59 Å². The number of ketones is 1. The fourth-order valence-corrected chi connectivity index (χ4v) is 2.37. The van der Waals surface area contributed by atoms with Gasteiger partial charge in [-0.05, 0) is 37.6 Å². The van der Waals surface area contributed by atoms with Crippen molar-refractivity contribution < 1.29 is 9.59 Å². The molecule has 0 fully saturated rings. The smallest absolute Gasteiger partial charge is 0.275 e. The van der Waals surface area contributed by atoms with Crippen LogP contribution in [0, 0.1) is 6.92 Å². The largest absolute Gasteiger partial charge is 0.339 e. The van der Waals surface area contributed by atoms with E-state index in [1.165, 1.54) is 19.3 Å². The SMILES string of the molecule is CC(=O)c1cccc(Nc2cnc(C(=O)Nc3ccccc3C)cn2)c1. The van der Waals surface area contributed by atoms with Gasteiger partial charge in [0.1, 0.15) is 11.5 Å². The average molecular weight is 346 g/mol. The molecule has 3 rings (SSSR count). The molecule has 26 heavy (non-hydrogen) atoms. The first-order valence-corrected chi connectivity index (χ1v) is 8.10. The van der Waals surface area contributed by atoms with Gasteiger partial charge >= 0.3 is 0 Å². The second kappa shape index (κ2) is 7.57. The van der Waals surface area contributed by atoms with Gasteiger partial charge in [0.15, 0.2) is 5.78 Å². The molecule has 6 nitrogen and oxygen atoms in total. The summed E-state index contributed by atoms with van der Waals surface area (Å²) < 4.78 is 0. The van der Waals surface area contributed by atoms with E-state index in [1.807, 2.05) is 37.3 Å². The molecule has 0 atom stereocenters. The van der Waals surface area contributed by atoms with Gasteiger partial charge in [0.25, 0.3) is 5.91 Å². The van der Waals surface area contributed by atoms with Crippen LogP contribution in [-0.2, 0) is 0 Å². The van der Waals surface area contributed by atoms with Gasteiger partial charge in [-0.15, -0.1) is 0 Å². The van der Waals surface area contributed by atoms with Crippen molar-refractivity contribution in [2.24, 2.45) is 0 Å². The molecule has 2 aromatic carbocycles. The van der Waals surface area contributed by atoms with E-state index in [-0.39, 0.29) is 17.4 Å². The number of carbonyl (C=O) groups is 2. The predicted molar refractivity (Wildman–Crippen MR) is 101 cm³/mol. The topological polar surface area (TPSA) is 84.0 Å². The van der Waals surface area contributed by atoms with Crippen molar-refractivity contribution in [1.29, 1.82) is 0 Å². The molecule has 0 aliphatic rings. The summed E-state index contributed by atoms with van der Waals surface area (Å²) >= 11 is 0. The molecule has 0 aliphatic carbocycles. The first-order valence-electron chi connectivity index (χ1n) is 8.10. The Morgan fingerprint density at radius 3 is 2.46 bits per heavy atom. The van der Waals surface area contributed by atoms with Gasteiger partial charge < -0.3 is 10.6 Å². The molecule has 130 valence electrons. The van der Waals surface area contributed by atoms with Crippen LogP contribution in [0.15, 0.2) is 60.9 Å². The number of aryl methyl sites for hydroxylation is 1. The van der Waals surface area contributed by atoms with Crippen molar-refractivity contribution >= 4 is 28.9 Å². The molecule has 0 spiro atoms. The third kappa shape index (κ3) is 4.10. The molecule has 1 aromatic heterocycles. The number of benzene rings is 2. The van der Waals surface area contributed by atoms with Crippen LogP contribution in [0.5, 0.6) is 0 Å². The number of nitrogens with zero attached hydrogens (tertiary/aromatic N) is 2. The van der Waals surface area contributed by atoms with Gasteiger partial charge in [0.2, 0.25) is 0 Å². The van der Waals surface area contributed by atoms with Crippen molar-refractivity contribution in [2.45, 2.75) is 13.8 Å². The lowest BCUT2D eigenvalue weighted by Crippen LogP contribution is -2.15. The molecule has 6 heteroatoms. The van der Waals surface area contributed by atoms with Crippen LogP contribution in [-0.4, -0.2) is 21.7 Å². The highest BCUT2D eigenvalue weighted by atomic mass is 16.2. The Morgan fingerprint density at radius 1 is 0.962 bits per heavy atom. The molecule has 2 N–H and O–H groups in total. The molecule has 1 amide bonds. The maximum Gasteiger partial charge on any atom is 0.275 e. The minimum absolute atomic E-state index is 0.0111. The quantitative estimate of drug-likeness (QED) is 0.683. The lowest BCUT2D eigenvalue weighted by molar-refractivity contribution is 0.101. The summed E-state index contributed by atoms with van der Waals surface area (Å²) in [6, 6.07) is 14.6. The van der Waals surface area contributed by atoms with E-state index in [0.29, 0.717) is 11.4 Å². The Hall–Kier alpha value is -3.54. The van der Waals surface area contributed by atoms with E-state index in [9.17, 15) is 9.59 Å². The molecule has 0 saturated heterocycles. The second-order valence-corrected chi connectivity index (χ2v) is 5.82. The Morgan fingerprint density at radius 2 is 1.77 bits per heavy atom. The van der Waals surface area contributed by atoms with Crippen LogP contribution in [0.1, 0.15) is 33.3 Å². The molecular formula is C20H18N4O2. The number of hydrogen-bond acceptors (Lipinski definition) is 5. The summed E-state index contributed by atoms with van der Waals surface area (Å²) in [6.45, 7) is 3.43. The Balaban J connectivity index is 1.70. The third-order valence-electron chi connectivity index (χ3n) is 3.82. The molecule has 1 heterocycles. The van der Waals surface area contributed by atoms with Gasteiger partial charge in [0, 0.05) is 16.9 Å². The first kappa shape index (κ1) is 17.3. The van der Waals surface area contributed by atoms with Crippen molar-refractivity contribution in [3.05, 3.63) is 77.7 Å². The average Bonchev–Trinajstić information content (AvgIpc) is 2.64. The molecule has 0 bridgehead atoms. The van der Waals surface area contributed by atoms with Crippen molar-refractivity contribution in [3.8, 4) is 0 Å². The first-order chi connectivity index (χ1) is 12.5. The Labute approximate surface area is 151 Å². The van der Waals surface area contributed by atoms with E-state index in [4.69, 9.17) is 0 Å². The van der Waals surface area contributed by atoms with Crippen molar-refractivity contribution in [1.82, 2.24) is 9.97 Å². The summed E-state index contributed by atoms with van der Waals surface area (Å²) in [4.78, 5) is 32.1. The molecule has 0 saturated carbocycles. The maximum absolute atomic E-state index is 12.3. The maximum atomic E-state index is 12.3. The highest BCUT2D eigenvalue weighted by Crippen LogP contribution is 2.17. The summed E-state index contributed by atoms with van der Waals surface area (Å²) in [7, 11) is 0. The minimum atomic E-state index is -0.322. The monoisotopic (exact) mass is 346 g/mol. The highest BCUT2D eigenvalue weighted by Gasteiger charge is 2.10. The van der Waals surface area contributed by atoms with Crippen LogP contribution in [0.25, 0.3) is 0 Å². The summed E-state index contributed by atoms with van der Waals surface area (Å²) in [6.07, 6.45) is 2.89. The number of nitrogens with one attached hydrogen (secondary N) is 2. The zero-order valence-electron chi connectivity index (χ0n) is 14.5. The van der Waals surface area contributed by atoms with Gasteiger partial charge in [-0.25, -0.2) is 9.97 Å². The fraction of sp³-hybridized carbons (Fsp3) is 0.100. The predicted octanol–water partition coefficient (Wildman–Crippen LogP) is 3.98. The molecular weight excluding hydrogens is 328 g/mol. The van der Waals surface area contributed by atoms with E-state index < -0.39 is 0 Å². The second-order valence-electron chi connectivity index (χ2n) is 5.82. The highest BCUT2D eigenvalue weighted by molar-refractivity contribution is 6.03. The van der Waals surface area contributed by atoms with E-state index in [0.717, 1.165) is 16.9 Å². The number of Topliss-reactive ketones (excluding diaryl/α,β-unsaturated/α-hetero) is 1. The number of rotatable bonds is 5. The van der Waals surface area contributed by atoms with Crippen LogP contribution >= 0.6 is 0 Å². The summed E-state index contributed by atoms with van der Waals surface area (Å²) in [5, 5.41) is 5.88. The number of amides is 1. The summed E-state index contributed by atoms with van der Waals surface area (Å²) in [5.74, 6) is 0.151. The van der Waals surface area contributed by atoms with Gasteiger partial charge in [0.05, 0.1) is 12.4 Å². The molecule has 3 aromatic rings. The van der Waals surface area contributed by atoms with Crippen molar-refractivity contribution in [2.75, 3.05) is 10.6 Å². The normalized spacial score (nSPS) is 10.2. The zero-order chi connectivity index (χ0) is 18.5.